The molecule has 0 aliphatic rings. The van der Waals surface area contributed by atoms with Crippen LogP contribution in [-0.4, -0.2) is 59.7 Å². The fraction of sp³-hybridized carbons (Fsp3) is 0.889. The van der Waals surface area contributed by atoms with Crippen LogP contribution in [0.4, 0.5) is 0 Å². The van der Waals surface area contributed by atoms with Gasteiger partial charge in [-0.15, -0.1) is 0 Å². The van der Waals surface area contributed by atoms with Crippen LogP contribution in [0, 0.1) is 5.41 Å². The molecule has 1 unspecified atom stereocenters. The Hall–Kier alpha value is -1.18. The third-order valence-electron chi connectivity index (χ3n) is 4.55. The Morgan fingerprint density at radius 2 is 1.64 bits per heavy atom. The summed E-state index contributed by atoms with van der Waals surface area (Å²) in [7, 11) is 0. The minimum Gasteiger partial charge on any atom is -0.480 e. The van der Waals surface area contributed by atoms with Crippen LogP contribution in [-0.2, 0) is 14.3 Å². The highest BCUT2D eigenvalue weighted by atomic mass is 16.5. The summed E-state index contributed by atoms with van der Waals surface area (Å²) in [5.74, 6) is -1.74. The number of aliphatic carboxylic acids is 1. The van der Waals surface area contributed by atoms with Crippen LogP contribution in [0.3, 0.4) is 0 Å². The molecule has 25 heavy (non-hydrogen) atoms. The molecular formula is C18H35NO6. The predicted molar refractivity (Wildman–Crippen MR) is 95.3 cm³/mol. The van der Waals surface area contributed by atoms with E-state index < -0.39 is 23.4 Å². The summed E-state index contributed by atoms with van der Waals surface area (Å²) in [5.41, 5.74) is -0.875. The first-order chi connectivity index (χ1) is 11.9. The molecule has 4 N–H and O–H groups in total. The zero-order valence-corrected chi connectivity index (χ0v) is 15.6. The average Bonchev–Trinajstić information content (AvgIpc) is 2.61. The maximum Gasteiger partial charge on any atom is 0.321 e. The zero-order valence-electron chi connectivity index (χ0n) is 15.6. The van der Waals surface area contributed by atoms with Crippen LogP contribution in [0.5, 0.6) is 0 Å². The number of hydrogen-bond donors (Lipinski definition) is 4. The number of carbonyl (C=O) groups excluding carboxylic acids is 1. The summed E-state index contributed by atoms with van der Waals surface area (Å²) in [4.78, 5) is 23.1. The van der Waals surface area contributed by atoms with Crippen LogP contribution < -0.4 is 5.32 Å². The van der Waals surface area contributed by atoms with Gasteiger partial charge in [0.1, 0.15) is 12.6 Å². The van der Waals surface area contributed by atoms with Crippen molar-refractivity contribution in [1.29, 1.82) is 0 Å². The number of aliphatic hydroxyl groups excluding tert-OH is 2. The van der Waals surface area contributed by atoms with E-state index >= 15 is 0 Å². The summed E-state index contributed by atoms with van der Waals surface area (Å²) < 4.78 is 5.07. The Labute approximate surface area is 150 Å². The molecule has 0 rings (SSSR count). The molecule has 0 spiro atoms. The number of hydrogen-bond acceptors (Lipinski definition) is 6. The van der Waals surface area contributed by atoms with E-state index in [0.717, 1.165) is 19.3 Å². The second-order valence-corrected chi connectivity index (χ2v) is 6.65. The van der Waals surface area contributed by atoms with Crippen molar-refractivity contribution in [2.75, 3.05) is 26.4 Å². The zero-order chi connectivity index (χ0) is 19.1. The quantitative estimate of drug-likeness (QED) is 0.244. The lowest BCUT2D eigenvalue weighted by Gasteiger charge is -2.27. The Balaban J connectivity index is 4.16. The molecule has 1 atom stereocenters. The maximum atomic E-state index is 11.9. The second kappa shape index (κ2) is 14.0. The fourth-order valence-electron chi connectivity index (χ4n) is 2.35. The third kappa shape index (κ3) is 10.4. The number of carboxylic acids is 1. The van der Waals surface area contributed by atoms with Crippen LogP contribution in [0.1, 0.15) is 65.2 Å². The number of aliphatic hydroxyl groups is 2. The van der Waals surface area contributed by atoms with Crippen LogP contribution in [0.2, 0.25) is 0 Å². The average molecular weight is 361 g/mol. The van der Waals surface area contributed by atoms with E-state index in [1.807, 2.05) is 0 Å². The van der Waals surface area contributed by atoms with E-state index in [1.165, 1.54) is 19.3 Å². The lowest BCUT2D eigenvalue weighted by atomic mass is 9.88. The van der Waals surface area contributed by atoms with Crippen molar-refractivity contribution in [1.82, 2.24) is 5.32 Å². The molecule has 0 bridgehead atoms. The third-order valence-corrected chi connectivity index (χ3v) is 4.55. The number of nitrogens with one attached hydrogen (secondary N) is 1. The van der Waals surface area contributed by atoms with Gasteiger partial charge in [-0.25, -0.2) is 0 Å². The minimum absolute atomic E-state index is 0.126. The largest absolute Gasteiger partial charge is 0.480 e. The molecule has 0 aliphatic heterocycles. The lowest BCUT2D eigenvalue weighted by Crippen LogP contribution is -2.40. The molecular weight excluding hydrogens is 326 g/mol. The summed E-state index contributed by atoms with van der Waals surface area (Å²) in [6.07, 6.45) is 6.82. The lowest BCUT2D eigenvalue weighted by molar-refractivity contribution is -0.154. The summed E-state index contributed by atoms with van der Waals surface area (Å²) in [5, 5.41) is 30.7. The van der Waals surface area contributed by atoms with Gasteiger partial charge >= 0.3 is 11.9 Å². The molecule has 0 amide bonds. The molecule has 148 valence electrons. The molecule has 0 heterocycles. The molecule has 0 saturated heterocycles. The van der Waals surface area contributed by atoms with Gasteiger partial charge < -0.3 is 25.4 Å². The number of unbranched alkanes of at least 4 members (excludes halogenated alkanes) is 5. The van der Waals surface area contributed by atoms with Gasteiger partial charge in [0.2, 0.25) is 0 Å². The van der Waals surface area contributed by atoms with Crippen molar-refractivity contribution in [3.63, 3.8) is 0 Å². The van der Waals surface area contributed by atoms with Crippen molar-refractivity contribution < 1.29 is 29.6 Å². The topological polar surface area (TPSA) is 116 Å². The van der Waals surface area contributed by atoms with E-state index in [1.54, 1.807) is 6.92 Å². The van der Waals surface area contributed by atoms with Gasteiger partial charge in [-0.05, 0) is 19.4 Å². The Morgan fingerprint density at radius 3 is 2.16 bits per heavy atom. The van der Waals surface area contributed by atoms with Crippen molar-refractivity contribution in [2.45, 2.75) is 71.3 Å². The van der Waals surface area contributed by atoms with Gasteiger partial charge in [0.15, 0.2) is 0 Å². The van der Waals surface area contributed by atoms with Crippen molar-refractivity contribution in [2.24, 2.45) is 5.41 Å². The van der Waals surface area contributed by atoms with Gasteiger partial charge in [-0.2, -0.15) is 0 Å². The van der Waals surface area contributed by atoms with E-state index in [-0.39, 0.29) is 26.2 Å². The molecule has 0 aromatic carbocycles. The summed E-state index contributed by atoms with van der Waals surface area (Å²) in [6, 6.07) is -0.984. The van der Waals surface area contributed by atoms with Gasteiger partial charge in [0.05, 0.1) is 25.0 Å². The number of rotatable bonds is 16. The predicted octanol–water partition coefficient (Wildman–Crippen LogP) is 1.70. The first-order valence-corrected chi connectivity index (χ1v) is 9.28. The minimum atomic E-state index is -1.09. The second-order valence-electron chi connectivity index (χ2n) is 6.65. The molecule has 0 aromatic rings. The molecule has 0 fully saturated rings. The first-order valence-electron chi connectivity index (χ1n) is 9.28. The highest BCUT2D eigenvalue weighted by Gasteiger charge is 2.29. The molecule has 0 radical (unpaired) electrons. The highest BCUT2D eigenvalue weighted by Crippen LogP contribution is 2.21. The number of carbonyl (C=O) groups is 2. The molecule has 0 aromatic heterocycles. The first kappa shape index (κ1) is 23.8. The van der Waals surface area contributed by atoms with Crippen LogP contribution in [0.15, 0.2) is 0 Å². The van der Waals surface area contributed by atoms with E-state index in [2.05, 4.69) is 12.2 Å². The Morgan fingerprint density at radius 1 is 1.04 bits per heavy atom. The van der Waals surface area contributed by atoms with Gasteiger partial charge in [0.25, 0.3) is 0 Å². The normalized spacial score (nSPS) is 12.8. The highest BCUT2D eigenvalue weighted by molar-refractivity contribution is 5.81. The number of carboxylic acid groups (broad SMARTS) is 1. The molecule has 0 saturated carbocycles. The van der Waals surface area contributed by atoms with E-state index in [0.29, 0.717) is 13.0 Å². The SMILES string of the molecule is CCCCCCCCNC(CC(=O)OCC(CC)(CO)CO)C(=O)O. The standard InChI is InChI=1S/C18H35NO6/c1-3-5-6-7-8-9-10-19-15(17(23)24)11-16(22)25-14-18(4-2,12-20)13-21/h15,19-21H,3-14H2,1-2H3,(H,23,24). The summed E-state index contributed by atoms with van der Waals surface area (Å²) in [6.45, 7) is 3.76. The van der Waals surface area contributed by atoms with Crippen molar-refractivity contribution >= 4 is 11.9 Å². The molecule has 7 nitrogen and oxygen atoms in total. The summed E-state index contributed by atoms with van der Waals surface area (Å²) >= 11 is 0. The fourth-order valence-corrected chi connectivity index (χ4v) is 2.35. The van der Waals surface area contributed by atoms with E-state index in [9.17, 15) is 24.9 Å². The Kier molecular flexibility index (Phi) is 13.4. The van der Waals surface area contributed by atoms with Gasteiger partial charge in [-0.3, -0.25) is 9.59 Å². The smallest absolute Gasteiger partial charge is 0.321 e. The maximum absolute atomic E-state index is 11.9. The van der Waals surface area contributed by atoms with Crippen molar-refractivity contribution in [3.8, 4) is 0 Å². The number of esters is 1. The van der Waals surface area contributed by atoms with Crippen molar-refractivity contribution in [3.05, 3.63) is 0 Å². The number of ether oxygens (including phenoxy) is 1. The van der Waals surface area contributed by atoms with Crippen LogP contribution in [0.25, 0.3) is 0 Å². The Bertz CT molecular complexity index is 362. The molecule has 0 aliphatic carbocycles. The molecule has 7 heteroatoms. The van der Waals surface area contributed by atoms with Gasteiger partial charge in [0, 0.05) is 0 Å². The van der Waals surface area contributed by atoms with Gasteiger partial charge in [-0.1, -0.05) is 46.0 Å². The van der Waals surface area contributed by atoms with Crippen LogP contribution >= 0.6 is 0 Å². The van der Waals surface area contributed by atoms with E-state index in [4.69, 9.17) is 4.74 Å². The monoisotopic (exact) mass is 361 g/mol.